The maximum absolute atomic E-state index is 12.7. The molecule has 1 aliphatic heterocycles. The minimum absolute atomic E-state index is 0.132. The van der Waals surface area contributed by atoms with Crippen molar-refractivity contribution in [2.24, 2.45) is 0 Å². The van der Waals surface area contributed by atoms with Gasteiger partial charge in [-0.3, -0.25) is 9.48 Å². The van der Waals surface area contributed by atoms with Crippen molar-refractivity contribution in [3.05, 3.63) is 42.2 Å². The lowest BCUT2D eigenvalue weighted by atomic mass is 10.1. The summed E-state index contributed by atoms with van der Waals surface area (Å²) in [6.45, 7) is 1.99. The lowest BCUT2D eigenvalue weighted by Gasteiger charge is -2.22. The number of carbonyl (C=O) groups is 1. The SMILES string of the molecule is O=C(Nc1ccccc1SC1CCCC1)c1ccn(C2CCCNC2)n1. The van der Waals surface area contributed by atoms with E-state index in [1.165, 1.54) is 25.7 Å². The number of nitrogens with one attached hydrogen (secondary N) is 2. The summed E-state index contributed by atoms with van der Waals surface area (Å²) in [6, 6.07) is 10.3. The second-order valence-electron chi connectivity index (χ2n) is 7.16. The van der Waals surface area contributed by atoms with Gasteiger partial charge in [0.15, 0.2) is 5.69 Å². The van der Waals surface area contributed by atoms with Crippen LogP contribution in [0.3, 0.4) is 0 Å². The number of aromatic nitrogens is 2. The van der Waals surface area contributed by atoms with Gasteiger partial charge >= 0.3 is 0 Å². The Balaban J connectivity index is 1.44. The molecule has 1 amide bonds. The number of amides is 1. The third-order valence-corrected chi connectivity index (χ3v) is 6.63. The van der Waals surface area contributed by atoms with Gasteiger partial charge in [0.1, 0.15) is 0 Å². The van der Waals surface area contributed by atoms with E-state index in [0.29, 0.717) is 17.0 Å². The van der Waals surface area contributed by atoms with Crippen molar-refractivity contribution < 1.29 is 4.79 Å². The minimum atomic E-state index is -0.132. The maximum Gasteiger partial charge on any atom is 0.276 e. The third kappa shape index (κ3) is 4.13. The highest BCUT2D eigenvalue weighted by atomic mass is 32.2. The second-order valence-corrected chi connectivity index (χ2v) is 8.50. The van der Waals surface area contributed by atoms with Gasteiger partial charge in [0.2, 0.25) is 0 Å². The Morgan fingerprint density at radius 2 is 2.00 bits per heavy atom. The molecule has 0 spiro atoms. The highest BCUT2D eigenvalue weighted by molar-refractivity contribution is 8.00. The molecule has 0 bridgehead atoms. The minimum Gasteiger partial charge on any atom is -0.320 e. The Kier molecular flexibility index (Phi) is 5.60. The Morgan fingerprint density at radius 3 is 2.81 bits per heavy atom. The van der Waals surface area contributed by atoms with E-state index in [1.807, 2.05) is 46.9 Å². The van der Waals surface area contributed by atoms with Crippen LogP contribution in [-0.2, 0) is 0 Å². The van der Waals surface area contributed by atoms with E-state index in [0.717, 1.165) is 36.5 Å². The molecule has 1 aliphatic carbocycles. The fourth-order valence-corrected chi connectivity index (χ4v) is 5.10. The van der Waals surface area contributed by atoms with Crippen LogP contribution in [0.5, 0.6) is 0 Å². The van der Waals surface area contributed by atoms with E-state index in [1.54, 1.807) is 0 Å². The predicted molar refractivity (Wildman–Crippen MR) is 106 cm³/mol. The van der Waals surface area contributed by atoms with Gasteiger partial charge < -0.3 is 10.6 Å². The predicted octanol–water partition coefficient (Wildman–Crippen LogP) is 4.09. The first-order valence-corrected chi connectivity index (χ1v) is 10.5. The highest BCUT2D eigenvalue weighted by Gasteiger charge is 2.20. The Hall–Kier alpha value is -1.79. The van der Waals surface area contributed by atoms with Crippen LogP contribution in [0.4, 0.5) is 5.69 Å². The summed E-state index contributed by atoms with van der Waals surface area (Å²) >= 11 is 1.89. The summed E-state index contributed by atoms with van der Waals surface area (Å²) in [5.41, 5.74) is 1.37. The molecule has 1 aromatic carbocycles. The van der Waals surface area contributed by atoms with Gasteiger partial charge in [-0.15, -0.1) is 11.8 Å². The monoisotopic (exact) mass is 370 g/mol. The lowest BCUT2D eigenvalue weighted by Crippen LogP contribution is -2.32. The number of hydrogen-bond acceptors (Lipinski definition) is 4. The van der Waals surface area contributed by atoms with Gasteiger partial charge in [0.25, 0.3) is 5.91 Å². The van der Waals surface area contributed by atoms with Crippen LogP contribution in [0, 0.1) is 0 Å². The third-order valence-electron chi connectivity index (χ3n) is 5.22. The van der Waals surface area contributed by atoms with Gasteiger partial charge in [-0.25, -0.2) is 0 Å². The van der Waals surface area contributed by atoms with Crippen molar-refractivity contribution in [2.45, 2.75) is 54.7 Å². The molecule has 1 unspecified atom stereocenters. The summed E-state index contributed by atoms with van der Waals surface area (Å²) in [7, 11) is 0. The first kappa shape index (κ1) is 17.6. The highest BCUT2D eigenvalue weighted by Crippen LogP contribution is 2.38. The molecule has 2 heterocycles. The zero-order valence-corrected chi connectivity index (χ0v) is 15.8. The van der Waals surface area contributed by atoms with Gasteiger partial charge in [0, 0.05) is 22.9 Å². The van der Waals surface area contributed by atoms with Gasteiger partial charge in [-0.1, -0.05) is 25.0 Å². The van der Waals surface area contributed by atoms with Crippen LogP contribution in [0.15, 0.2) is 41.4 Å². The number of carbonyl (C=O) groups excluding carboxylic acids is 1. The van der Waals surface area contributed by atoms with Gasteiger partial charge in [-0.05, 0) is 50.4 Å². The van der Waals surface area contributed by atoms with Gasteiger partial charge in [-0.2, -0.15) is 5.10 Å². The number of piperidine rings is 1. The van der Waals surface area contributed by atoms with E-state index in [9.17, 15) is 4.79 Å². The van der Waals surface area contributed by atoms with Crippen molar-refractivity contribution in [1.82, 2.24) is 15.1 Å². The summed E-state index contributed by atoms with van der Waals surface area (Å²) in [6.07, 6.45) is 9.36. The molecule has 138 valence electrons. The van der Waals surface area contributed by atoms with Crippen molar-refractivity contribution in [3.8, 4) is 0 Å². The van der Waals surface area contributed by atoms with Crippen molar-refractivity contribution in [2.75, 3.05) is 18.4 Å². The van der Waals surface area contributed by atoms with Crippen LogP contribution in [0.2, 0.25) is 0 Å². The Labute approximate surface area is 158 Å². The molecule has 1 saturated carbocycles. The van der Waals surface area contributed by atoms with Crippen molar-refractivity contribution in [1.29, 1.82) is 0 Å². The number of rotatable bonds is 5. The molecule has 1 atom stereocenters. The first-order chi connectivity index (χ1) is 12.8. The smallest absolute Gasteiger partial charge is 0.276 e. The van der Waals surface area contributed by atoms with E-state index in [4.69, 9.17) is 0 Å². The van der Waals surface area contributed by atoms with E-state index in [2.05, 4.69) is 21.8 Å². The summed E-state index contributed by atoms with van der Waals surface area (Å²) < 4.78 is 1.93. The average Bonchev–Trinajstić information content (AvgIpc) is 3.36. The topological polar surface area (TPSA) is 59.0 Å². The molecule has 26 heavy (non-hydrogen) atoms. The number of hydrogen-bond donors (Lipinski definition) is 2. The molecule has 6 heteroatoms. The molecule has 1 aromatic heterocycles. The fraction of sp³-hybridized carbons (Fsp3) is 0.500. The van der Waals surface area contributed by atoms with Crippen LogP contribution < -0.4 is 10.6 Å². The summed E-state index contributed by atoms with van der Waals surface area (Å²) in [5, 5.41) is 11.6. The molecule has 2 fully saturated rings. The molecule has 2 N–H and O–H groups in total. The number of nitrogens with zero attached hydrogens (tertiary/aromatic N) is 2. The van der Waals surface area contributed by atoms with Gasteiger partial charge in [0.05, 0.1) is 11.7 Å². The molecule has 4 rings (SSSR count). The molecule has 2 aliphatic rings. The van der Waals surface area contributed by atoms with E-state index >= 15 is 0 Å². The van der Waals surface area contributed by atoms with Crippen LogP contribution in [-0.4, -0.2) is 34.0 Å². The molecular weight excluding hydrogens is 344 g/mol. The van der Waals surface area contributed by atoms with Crippen LogP contribution in [0.1, 0.15) is 55.1 Å². The average molecular weight is 371 g/mol. The van der Waals surface area contributed by atoms with Crippen molar-refractivity contribution >= 4 is 23.4 Å². The van der Waals surface area contributed by atoms with Crippen molar-refractivity contribution in [3.63, 3.8) is 0 Å². The van der Waals surface area contributed by atoms with E-state index < -0.39 is 0 Å². The maximum atomic E-state index is 12.7. The number of anilines is 1. The van der Waals surface area contributed by atoms with Crippen LogP contribution in [0.25, 0.3) is 0 Å². The molecule has 1 saturated heterocycles. The summed E-state index contributed by atoms with van der Waals surface area (Å²) in [4.78, 5) is 13.8. The van der Waals surface area contributed by atoms with Crippen LogP contribution >= 0.6 is 11.8 Å². The molecule has 0 radical (unpaired) electrons. The quantitative estimate of drug-likeness (QED) is 0.832. The first-order valence-electron chi connectivity index (χ1n) is 9.62. The molecular formula is C20H26N4OS. The second kappa shape index (κ2) is 8.27. The molecule has 2 aromatic rings. The summed E-state index contributed by atoms with van der Waals surface area (Å²) in [5.74, 6) is -0.132. The lowest BCUT2D eigenvalue weighted by molar-refractivity contribution is 0.102. The molecule has 5 nitrogen and oxygen atoms in total. The normalized spacial score (nSPS) is 21.0. The Bertz CT molecular complexity index is 748. The zero-order chi connectivity index (χ0) is 17.8. The number of para-hydroxylation sites is 1. The van der Waals surface area contributed by atoms with E-state index in [-0.39, 0.29) is 5.91 Å². The standard InChI is InChI=1S/C20H26N4OS/c25-20(18-11-13-24(23-18)15-6-5-12-21-14-15)22-17-9-3-4-10-19(17)26-16-7-1-2-8-16/h3-4,9-11,13,15-16,21H,1-2,5-8,12,14H2,(H,22,25). The zero-order valence-electron chi connectivity index (χ0n) is 15.0. The Morgan fingerprint density at radius 1 is 1.15 bits per heavy atom. The number of benzene rings is 1. The fourth-order valence-electron chi connectivity index (χ4n) is 3.77. The number of thioether (sulfide) groups is 1. The largest absolute Gasteiger partial charge is 0.320 e.